The van der Waals surface area contributed by atoms with Crippen molar-refractivity contribution >= 4 is 22.8 Å². The third kappa shape index (κ3) is 8.53. The van der Waals surface area contributed by atoms with Crippen LogP contribution in [0.15, 0.2) is 18.2 Å². The second-order valence-electron chi connectivity index (χ2n) is 7.21. The molecule has 0 aliphatic rings. The van der Waals surface area contributed by atoms with Crippen molar-refractivity contribution in [3.05, 3.63) is 25.6 Å². The van der Waals surface area contributed by atoms with Gasteiger partial charge >= 0.3 is 27.7 Å². The van der Waals surface area contributed by atoms with Crippen molar-refractivity contribution in [2.45, 2.75) is 65.7 Å². The first kappa shape index (κ1) is 26.4. The van der Waals surface area contributed by atoms with Gasteiger partial charge in [0.05, 0.1) is 13.2 Å². The van der Waals surface area contributed by atoms with Crippen molar-refractivity contribution in [1.82, 2.24) is 0 Å². The number of hydrogen-bond acceptors (Lipinski definition) is 2. The van der Waals surface area contributed by atoms with Gasteiger partial charge in [0.2, 0.25) is 0 Å². The van der Waals surface area contributed by atoms with E-state index in [-0.39, 0.29) is 25.7 Å². The average Bonchev–Trinajstić information content (AvgIpc) is 2.38. The van der Waals surface area contributed by atoms with E-state index in [1.165, 1.54) is 5.30 Å². The molecule has 0 saturated carbocycles. The Hall–Kier alpha value is 0.202. The Bertz CT molecular complexity index is 429. The van der Waals surface area contributed by atoms with Crippen LogP contribution in [-0.4, -0.2) is 23.5 Å². The Morgan fingerprint density at radius 1 is 0.833 bits per heavy atom. The van der Waals surface area contributed by atoms with Crippen LogP contribution in [0.5, 0.6) is 11.5 Å². The van der Waals surface area contributed by atoms with E-state index in [4.69, 9.17) is 9.47 Å². The summed E-state index contributed by atoms with van der Waals surface area (Å²) in [5, 5.41) is 1.84. The van der Waals surface area contributed by atoms with Crippen molar-refractivity contribution in [3.8, 4) is 11.5 Å². The molecule has 0 saturated heterocycles. The van der Waals surface area contributed by atoms with E-state index in [2.05, 4.69) is 81.4 Å². The maximum absolute atomic E-state index is 5.74. The molecular formula is C19H34ClO2PPd. The summed E-state index contributed by atoms with van der Waals surface area (Å²) in [4.78, 5) is 0. The van der Waals surface area contributed by atoms with E-state index < -0.39 is 0 Å². The summed E-state index contributed by atoms with van der Waals surface area (Å²) >= 11 is 2.22. The van der Waals surface area contributed by atoms with Gasteiger partial charge in [-0.05, 0) is 41.6 Å². The van der Waals surface area contributed by atoms with E-state index in [1.54, 1.807) is 0 Å². The zero-order valence-electron chi connectivity index (χ0n) is 16.6. The van der Waals surface area contributed by atoms with Gasteiger partial charge in [0.25, 0.3) is 0 Å². The van der Waals surface area contributed by atoms with E-state index >= 15 is 0 Å². The molecule has 0 aliphatic carbocycles. The van der Waals surface area contributed by atoms with Gasteiger partial charge in [-0.2, -0.15) is 0 Å². The predicted octanol–water partition coefficient (Wildman–Crippen LogP) is 6.33. The standard InChI is InChI=1S/C18H31O2P.CH3.ClH.Pd/c1-9-19-14-11-15(20-10-2)13-16(12-14)21(17(3,4)5)18(6,7)8;;;/h11-13H,9-10H2,1-8H3;1H3;1H;/q;-1;;+2/p-1. The van der Waals surface area contributed by atoms with Crippen LogP contribution in [0.3, 0.4) is 0 Å². The normalized spacial score (nSPS) is 11.3. The molecule has 0 bridgehead atoms. The Labute approximate surface area is 166 Å². The molecule has 0 aromatic heterocycles. The summed E-state index contributed by atoms with van der Waals surface area (Å²) in [5.41, 5.74) is 0. The van der Waals surface area contributed by atoms with Crippen molar-refractivity contribution < 1.29 is 27.7 Å². The SMILES string of the molecule is CCOc1cc(OCC)cc(P(C(C)(C)C)C(C)(C)C)c1.[CH3-].[Cl][Pd+]. The molecule has 1 rings (SSSR count). The van der Waals surface area contributed by atoms with Gasteiger partial charge in [-0.25, -0.2) is 0 Å². The first-order valence-electron chi connectivity index (χ1n) is 7.92. The zero-order valence-corrected chi connectivity index (χ0v) is 19.8. The average molecular weight is 467 g/mol. The summed E-state index contributed by atoms with van der Waals surface area (Å²) in [6, 6.07) is 6.40. The van der Waals surface area contributed by atoms with Crippen LogP contribution in [0.25, 0.3) is 0 Å². The molecule has 144 valence electrons. The molecular weight excluding hydrogens is 433 g/mol. The summed E-state index contributed by atoms with van der Waals surface area (Å²) in [7, 11) is 4.14. The van der Waals surface area contributed by atoms with Crippen molar-refractivity contribution in [2.24, 2.45) is 0 Å². The molecule has 0 aliphatic heterocycles. The van der Waals surface area contributed by atoms with Crippen LogP contribution in [0.2, 0.25) is 0 Å². The molecule has 0 atom stereocenters. The van der Waals surface area contributed by atoms with Crippen LogP contribution in [0.1, 0.15) is 55.4 Å². The van der Waals surface area contributed by atoms with Gasteiger partial charge in [0.1, 0.15) is 11.5 Å². The molecule has 0 heterocycles. The number of benzene rings is 1. The third-order valence-electron chi connectivity index (χ3n) is 3.09. The third-order valence-corrected chi connectivity index (χ3v) is 6.54. The van der Waals surface area contributed by atoms with Crippen LogP contribution < -0.4 is 14.8 Å². The second-order valence-corrected chi connectivity index (χ2v) is 11.1. The summed E-state index contributed by atoms with van der Waals surface area (Å²) in [6.07, 6.45) is 0. The fourth-order valence-electron chi connectivity index (χ4n) is 2.97. The van der Waals surface area contributed by atoms with Crippen molar-refractivity contribution in [1.29, 1.82) is 0 Å². The number of hydrogen-bond donors (Lipinski definition) is 0. The zero-order chi connectivity index (χ0) is 18.3. The molecule has 0 unspecified atom stereocenters. The molecule has 5 heteroatoms. The number of rotatable bonds is 5. The molecule has 0 radical (unpaired) electrons. The molecule has 0 amide bonds. The molecule has 0 spiro atoms. The monoisotopic (exact) mass is 466 g/mol. The van der Waals surface area contributed by atoms with Gasteiger partial charge < -0.3 is 16.9 Å². The molecule has 2 nitrogen and oxygen atoms in total. The Balaban J connectivity index is 0. The Morgan fingerprint density at radius 3 is 1.42 bits per heavy atom. The van der Waals surface area contributed by atoms with E-state index in [1.807, 2.05) is 19.9 Å². The van der Waals surface area contributed by atoms with Gasteiger partial charge in [0, 0.05) is 6.07 Å². The summed E-state index contributed by atoms with van der Waals surface area (Å²) in [6.45, 7) is 19.4. The Morgan fingerprint density at radius 2 is 1.17 bits per heavy atom. The predicted molar refractivity (Wildman–Crippen MR) is 107 cm³/mol. The second kappa shape index (κ2) is 11.7. The van der Waals surface area contributed by atoms with Gasteiger partial charge in [-0.1, -0.05) is 49.5 Å². The number of ether oxygens (including phenoxy) is 2. The first-order chi connectivity index (χ1) is 10.6. The topological polar surface area (TPSA) is 18.5 Å². The van der Waals surface area contributed by atoms with Crippen molar-refractivity contribution in [2.75, 3.05) is 13.2 Å². The van der Waals surface area contributed by atoms with Gasteiger partial charge in [-0.15, -0.1) is 0 Å². The molecule has 0 fully saturated rings. The van der Waals surface area contributed by atoms with Gasteiger partial charge in [-0.3, -0.25) is 0 Å². The number of halogens is 1. The maximum atomic E-state index is 5.74. The quantitative estimate of drug-likeness (QED) is 0.287. The van der Waals surface area contributed by atoms with Crippen LogP contribution in [0, 0.1) is 7.43 Å². The van der Waals surface area contributed by atoms with Crippen LogP contribution in [0.4, 0.5) is 0 Å². The fourth-order valence-corrected chi connectivity index (χ4v) is 7.04. The summed E-state index contributed by atoms with van der Waals surface area (Å²) < 4.78 is 11.5. The van der Waals surface area contributed by atoms with E-state index in [0.29, 0.717) is 13.2 Å². The minimum atomic E-state index is -0.352. The van der Waals surface area contributed by atoms with E-state index in [9.17, 15) is 0 Å². The molecule has 1 aromatic rings. The van der Waals surface area contributed by atoms with E-state index in [0.717, 1.165) is 11.5 Å². The van der Waals surface area contributed by atoms with Crippen molar-refractivity contribution in [3.63, 3.8) is 0 Å². The summed E-state index contributed by atoms with van der Waals surface area (Å²) in [5.74, 6) is 1.83. The fraction of sp³-hybridized carbons (Fsp3) is 0.632. The molecule has 0 N–H and O–H groups in total. The van der Waals surface area contributed by atoms with Gasteiger partial charge in [0.15, 0.2) is 0 Å². The Kier molecular flexibility index (Phi) is 12.9. The first-order valence-corrected chi connectivity index (χ1v) is 11.3. The van der Waals surface area contributed by atoms with Crippen LogP contribution in [-0.2, 0) is 18.2 Å². The molecule has 1 aromatic carbocycles. The minimum absolute atomic E-state index is 0. The van der Waals surface area contributed by atoms with Crippen LogP contribution >= 0.6 is 17.5 Å². The molecule has 24 heavy (non-hydrogen) atoms.